The molecule has 7 nitrogen and oxygen atoms in total. The van der Waals surface area contributed by atoms with E-state index >= 15 is 0 Å². The summed E-state index contributed by atoms with van der Waals surface area (Å²) in [5.74, 6) is -0.808. The molecule has 1 unspecified atom stereocenters. The van der Waals surface area contributed by atoms with Crippen LogP contribution in [0.15, 0.2) is 91.3 Å². The summed E-state index contributed by atoms with van der Waals surface area (Å²) in [6.07, 6.45) is 3.47. The second-order valence-electron chi connectivity index (χ2n) is 8.39. The molecule has 0 saturated carbocycles. The van der Waals surface area contributed by atoms with Crippen molar-refractivity contribution in [2.75, 3.05) is 5.32 Å². The standard InChI is InChI=1S/C28H21ClN4O3/c29-20-11-12-22-24(15-20)32-27(35)25(16-21-5-1-3-13-30-21)33(28(22)36)17-18-7-9-19(10-8-18)26(34)23-6-2-4-14-31-23/h1-15,25H,16-17H2,(H,32,35). The number of pyridine rings is 2. The molecule has 0 aliphatic carbocycles. The molecule has 36 heavy (non-hydrogen) atoms. The Morgan fingerprint density at radius 1 is 0.917 bits per heavy atom. The van der Waals surface area contributed by atoms with Gasteiger partial charge in [0, 0.05) is 41.6 Å². The molecule has 2 aromatic carbocycles. The summed E-state index contributed by atoms with van der Waals surface area (Å²) in [7, 11) is 0. The normalized spacial score (nSPS) is 15.1. The van der Waals surface area contributed by atoms with Gasteiger partial charge in [0.1, 0.15) is 11.7 Å². The summed E-state index contributed by atoms with van der Waals surface area (Å²) in [5, 5.41) is 3.28. The fraction of sp³-hybridized carbons (Fsp3) is 0.107. The highest BCUT2D eigenvalue weighted by atomic mass is 35.5. The van der Waals surface area contributed by atoms with Gasteiger partial charge in [0.25, 0.3) is 5.91 Å². The van der Waals surface area contributed by atoms with E-state index in [-0.39, 0.29) is 30.6 Å². The summed E-state index contributed by atoms with van der Waals surface area (Å²) < 4.78 is 0. The first-order valence-corrected chi connectivity index (χ1v) is 11.7. The van der Waals surface area contributed by atoms with E-state index in [1.54, 1.807) is 84.0 Å². The number of halogens is 1. The quantitative estimate of drug-likeness (QED) is 0.395. The number of aromatic nitrogens is 2. The number of rotatable bonds is 6. The fourth-order valence-corrected chi connectivity index (χ4v) is 4.34. The summed E-state index contributed by atoms with van der Waals surface area (Å²) in [6, 6.07) is 21.6. The van der Waals surface area contributed by atoms with Crippen molar-refractivity contribution in [3.63, 3.8) is 0 Å². The van der Waals surface area contributed by atoms with E-state index in [9.17, 15) is 14.4 Å². The van der Waals surface area contributed by atoms with E-state index in [1.807, 2.05) is 12.1 Å². The lowest BCUT2D eigenvalue weighted by Crippen LogP contribution is -2.46. The van der Waals surface area contributed by atoms with Gasteiger partial charge in [0.05, 0.1) is 11.3 Å². The van der Waals surface area contributed by atoms with Crippen molar-refractivity contribution in [3.05, 3.63) is 124 Å². The lowest BCUT2D eigenvalue weighted by atomic mass is 10.0. The van der Waals surface area contributed by atoms with Gasteiger partial charge >= 0.3 is 0 Å². The lowest BCUT2D eigenvalue weighted by Gasteiger charge is -2.28. The van der Waals surface area contributed by atoms with Gasteiger partial charge in [-0.25, -0.2) is 0 Å². The molecular formula is C28H21ClN4O3. The molecule has 8 heteroatoms. The summed E-state index contributed by atoms with van der Waals surface area (Å²) in [5.41, 5.74) is 3.05. The third kappa shape index (κ3) is 4.87. The zero-order valence-corrected chi connectivity index (χ0v) is 19.9. The van der Waals surface area contributed by atoms with Crippen LogP contribution < -0.4 is 5.32 Å². The lowest BCUT2D eigenvalue weighted by molar-refractivity contribution is -0.120. The predicted molar refractivity (Wildman–Crippen MR) is 136 cm³/mol. The van der Waals surface area contributed by atoms with Crippen molar-refractivity contribution in [1.82, 2.24) is 14.9 Å². The molecule has 0 radical (unpaired) electrons. The van der Waals surface area contributed by atoms with Crippen LogP contribution in [0.3, 0.4) is 0 Å². The monoisotopic (exact) mass is 496 g/mol. The molecular weight excluding hydrogens is 476 g/mol. The van der Waals surface area contributed by atoms with Gasteiger partial charge in [-0.3, -0.25) is 24.4 Å². The van der Waals surface area contributed by atoms with Gasteiger partial charge < -0.3 is 10.2 Å². The first kappa shape index (κ1) is 23.4. The first-order chi connectivity index (χ1) is 17.5. The molecule has 2 amide bonds. The Balaban J connectivity index is 1.46. The van der Waals surface area contributed by atoms with Gasteiger partial charge in [-0.2, -0.15) is 0 Å². The van der Waals surface area contributed by atoms with Gasteiger partial charge in [0.2, 0.25) is 11.7 Å². The minimum absolute atomic E-state index is 0.171. The van der Waals surface area contributed by atoms with Crippen molar-refractivity contribution in [3.8, 4) is 0 Å². The molecule has 1 aliphatic rings. The van der Waals surface area contributed by atoms with Crippen LogP contribution in [0.5, 0.6) is 0 Å². The third-order valence-corrected chi connectivity index (χ3v) is 6.24. The smallest absolute Gasteiger partial charge is 0.256 e. The third-order valence-electron chi connectivity index (χ3n) is 6.00. The molecule has 1 N–H and O–H groups in total. The predicted octanol–water partition coefficient (Wildman–Crippen LogP) is 4.57. The molecule has 1 atom stereocenters. The van der Waals surface area contributed by atoms with Crippen LogP contribution in [0.4, 0.5) is 5.69 Å². The van der Waals surface area contributed by atoms with Gasteiger partial charge in [-0.05, 0) is 48.0 Å². The van der Waals surface area contributed by atoms with Crippen molar-refractivity contribution in [2.45, 2.75) is 19.0 Å². The molecule has 0 spiro atoms. The van der Waals surface area contributed by atoms with Crippen LogP contribution in [0.25, 0.3) is 0 Å². The summed E-state index contributed by atoms with van der Waals surface area (Å²) >= 11 is 6.12. The summed E-state index contributed by atoms with van der Waals surface area (Å²) in [6.45, 7) is 0.171. The Bertz CT molecular complexity index is 1430. The Morgan fingerprint density at radius 2 is 1.67 bits per heavy atom. The summed E-state index contributed by atoms with van der Waals surface area (Å²) in [4.78, 5) is 49.7. The molecule has 4 aromatic rings. The molecule has 5 rings (SSSR count). The maximum absolute atomic E-state index is 13.7. The fourth-order valence-electron chi connectivity index (χ4n) is 4.17. The Morgan fingerprint density at radius 3 is 2.36 bits per heavy atom. The highest BCUT2D eigenvalue weighted by Crippen LogP contribution is 2.28. The molecule has 0 saturated heterocycles. The number of fused-ring (bicyclic) bond motifs is 1. The Labute approximate surface area is 212 Å². The van der Waals surface area contributed by atoms with Crippen molar-refractivity contribution >= 4 is 34.9 Å². The topological polar surface area (TPSA) is 92.3 Å². The molecule has 0 fully saturated rings. The maximum Gasteiger partial charge on any atom is 0.256 e. The van der Waals surface area contributed by atoms with Crippen LogP contribution in [-0.4, -0.2) is 38.5 Å². The zero-order chi connectivity index (χ0) is 25.1. The van der Waals surface area contributed by atoms with Crippen LogP contribution in [-0.2, 0) is 17.8 Å². The van der Waals surface area contributed by atoms with E-state index in [2.05, 4.69) is 15.3 Å². The van der Waals surface area contributed by atoms with E-state index < -0.39 is 6.04 Å². The van der Waals surface area contributed by atoms with Gasteiger partial charge in [0.15, 0.2) is 0 Å². The van der Waals surface area contributed by atoms with Gasteiger partial charge in [-0.1, -0.05) is 48.0 Å². The number of hydrogen-bond acceptors (Lipinski definition) is 5. The Hall–Kier alpha value is -4.36. The number of nitrogens with zero attached hydrogens (tertiary/aromatic N) is 3. The average molecular weight is 497 g/mol. The van der Waals surface area contributed by atoms with E-state index in [0.717, 1.165) is 5.56 Å². The second kappa shape index (κ2) is 10.1. The highest BCUT2D eigenvalue weighted by Gasteiger charge is 2.36. The number of hydrogen-bond donors (Lipinski definition) is 1. The number of amides is 2. The van der Waals surface area contributed by atoms with E-state index in [0.29, 0.717) is 33.2 Å². The van der Waals surface area contributed by atoms with E-state index in [4.69, 9.17) is 11.6 Å². The van der Waals surface area contributed by atoms with Crippen LogP contribution in [0.1, 0.15) is 37.7 Å². The average Bonchev–Trinajstić information content (AvgIpc) is 2.99. The largest absolute Gasteiger partial charge is 0.323 e. The number of carbonyl (C=O) groups is 3. The number of benzene rings is 2. The Kier molecular flexibility index (Phi) is 6.56. The highest BCUT2D eigenvalue weighted by molar-refractivity contribution is 6.31. The van der Waals surface area contributed by atoms with Crippen LogP contribution in [0, 0.1) is 0 Å². The molecule has 3 heterocycles. The first-order valence-electron chi connectivity index (χ1n) is 11.4. The zero-order valence-electron chi connectivity index (χ0n) is 19.1. The number of anilines is 1. The molecule has 0 bridgehead atoms. The van der Waals surface area contributed by atoms with Crippen molar-refractivity contribution in [2.24, 2.45) is 0 Å². The van der Waals surface area contributed by atoms with Crippen LogP contribution in [0.2, 0.25) is 5.02 Å². The maximum atomic E-state index is 13.7. The minimum Gasteiger partial charge on any atom is -0.323 e. The second-order valence-corrected chi connectivity index (χ2v) is 8.83. The minimum atomic E-state index is -0.798. The molecule has 1 aliphatic heterocycles. The SMILES string of the molecule is O=C(c1ccc(CN2C(=O)c3ccc(Cl)cc3NC(=O)C2Cc2ccccn2)cc1)c1ccccn1. The molecule has 178 valence electrons. The van der Waals surface area contributed by atoms with Crippen molar-refractivity contribution < 1.29 is 14.4 Å². The van der Waals surface area contributed by atoms with E-state index in [1.165, 1.54) is 0 Å². The number of carbonyl (C=O) groups excluding carboxylic acids is 3. The number of nitrogens with one attached hydrogen (secondary N) is 1. The van der Waals surface area contributed by atoms with Crippen molar-refractivity contribution in [1.29, 1.82) is 0 Å². The number of ketones is 1. The molecule has 2 aromatic heterocycles. The van der Waals surface area contributed by atoms with Crippen LogP contribution >= 0.6 is 11.6 Å². The van der Waals surface area contributed by atoms with Gasteiger partial charge in [-0.15, -0.1) is 0 Å².